The van der Waals surface area contributed by atoms with E-state index in [9.17, 15) is 4.79 Å². The van der Waals surface area contributed by atoms with Crippen LogP contribution in [0, 0.1) is 0 Å². The zero-order valence-corrected chi connectivity index (χ0v) is 8.87. The van der Waals surface area contributed by atoms with Gasteiger partial charge in [-0.3, -0.25) is 9.78 Å². The maximum atomic E-state index is 11.8. The molecule has 5 nitrogen and oxygen atoms in total. The van der Waals surface area contributed by atoms with Crippen molar-refractivity contribution in [3.8, 4) is 11.4 Å². The highest BCUT2D eigenvalue weighted by Gasteiger charge is 2.13. The smallest absolute Gasteiger partial charge is 0.296 e. The van der Waals surface area contributed by atoms with Gasteiger partial charge in [0, 0.05) is 16.7 Å². The Labute approximate surface area is 96.4 Å². The van der Waals surface area contributed by atoms with E-state index in [0.29, 0.717) is 11.3 Å². The molecule has 0 radical (unpaired) electrons. The van der Waals surface area contributed by atoms with Crippen molar-refractivity contribution >= 4 is 5.52 Å². The minimum Gasteiger partial charge on any atom is -0.296 e. The van der Waals surface area contributed by atoms with Crippen LogP contribution in [0.15, 0.2) is 53.5 Å². The first-order valence-electron chi connectivity index (χ1n) is 5.18. The van der Waals surface area contributed by atoms with Crippen LogP contribution in [0.25, 0.3) is 16.9 Å². The molecule has 0 unspecified atom stereocenters. The van der Waals surface area contributed by atoms with E-state index in [1.54, 1.807) is 18.3 Å². The van der Waals surface area contributed by atoms with E-state index in [2.05, 4.69) is 15.2 Å². The topological polar surface area (TPSA) is 62.7 Å². The molecule has 0 bridgehead atoms. The fraction of sp³-hybridized carbons (Fsp3) is 0. The average molecular weight is 225 g/mol. The molecule has 0 fully saturated rings. The Morgan fingerprint density at radius 1 is 1.06 bits per heavy atom. The molecule has 0 saturated carbocycles. The van der Waals surface area contributed by atoms with E-state index < -0.39 is 0 Å². The van der Waals surface area contributed by atoms with Crippen LogP contribution in [0.1, 0.15) is 0 Å². The van der Waals surface area contributed by atoms with Crippen molar-refractivity contribution in [2.75, 3.05) is 0 Å². The first kappa shape index (κ1) is 9.65. The first-order chi connectivity index (χ1) is 8.34. The number of H-pyrrole nitrogens is 1. The van der Waals surface area contributed by atoms with Crippen molar-refractivity contribution in [1.29, 1.82) is 0 Å². The summed E-state index contributed by atoms with van der Waals surface area (Å²) in [7, 11) is 0. The molecule has 5 heteroatoms. The molecule has 0 aliphatic rings. The van der Waals surface area contributed by atoms with Crippen molar-refractivity contribution in [3.63, 3.8) is 0 Å². The molecule has 0 aliphatic heterocycles. The predicted octanol–water partition coefficient (Wildman–Crippen LogP) is 0.571. The predicted molar refractivity (Wildman–Crippen MR) is 61.2 cm³/mol. The highest BCUT2D eigenvalue weighted by Crippen LogP contribution is 2.10. The van der Waals surface area contributed by atoms with Crippen molar-refractivity contribution in [3.05, 3.63) is 59.0 Å². The molecule has 0 aliphatic carbocycles. The van der Waals surface area contributed by atoms with Gasteiger partial charge in [-0.2, -0.15) is 0 Å². The van der Waals surface area contributed by atoms with Crippen molar-refractivity contribution in [1.82, 2.24) is 15.2 Å². The summed E-state index contributed by atoms with van der Waals surface area (Å²) in [5.41, 5.74) is 1.07. The molecule has 2 aromatic heterocycles. The van der Waals surface area contributed by atoms with Gasteiger partial charge in [-0.25, -0.2) is 0 Å². The number of aromatic amines is 1. The molecule has 17 heavy (non-hydrogen) atoms. The Morgan fingerprint density at radius 2 is 1.88 bits per heavy atom. The first-order valence-corrected chi connectivity index (χ1v) is 5.18. The van der Waals surface area contributed by atoms with E-state index in [1.807, 2.05) is 30.3 Å². The van der Waals surface area contributed by atoms with E-state index in [-0.39, 0.29) is 5.56 Å². The summed E-state index contributed by atoms with van der Waals surface area (Å²) in [4.78, 5) is 14.6. The minimum atomic E-state index is -0.202. The second-order valence-electron chi connectivity index (χ2n) is 3.57. The van der Waals surface area contributed by atoms with Gasteiger partial charge in [-0.05, 0) is 6.07 Å². The van der Waals surface area contributed by atoms with Gasteiger partial charge in [0.05, 0.1) is 15.9 Å². The Kier molecular flexibility index (Phi) is 2.15. The van der Waals surface area contributed by atoms with Crippen LogP contribution >= 0.6 is 0 Å². The molecule has 3 rings (SSSR count). The fourth-order valence-corrected chi connectivity index (χ4v) is 1.63. The lowest BCUT2D eigenvalue weighted by Crippen LogP contribution is -2.37. The molecule has 0 saturated heterocycles. The maximum absolute atomic E-state index is 11.8. The second-order valence-corrected chi connectivity index (χ2v) is 3.57. The number of nitrogens with one attached hydrogen (secondary N) is 1. The number of benzene rings is 1. The van der Waals surface area contributed by atoms with Crippen molar-refractivity contribution in [2.45, 2.75) is 0 Å². The monoisotopic (exact) mass is 225 g/mol. The number of aromatic nitrogens is 4. The Bertz CT molecular complexity index is 721. The minimum absolute atomic E-state index is 0.202. The number of hydrogen-bond acceptors (Lipinski definition) is 3. The summed E-state index contributed by atoms with van der Waals surface area (Å²) in [6.07, 6.45) is 1.59. The highest BCUT2D eigenvalue weighted by atomic mass is 16.1. The molecule has 0 atom stereocenters. The molecular weight excluding hydrogens is 216 g/mol. The van der Waals surface area contributed by atoms with E-state index in [1.165, 1.54) is 4.63 Å². The molecule has 2 heterocycles. The Hall–Kier alpha value is -2.56. The number of hydrogen-bond donors (Lipinski definition) is 1. The molecule has 1 N–H and O–H groups in total. The van der Waals surface area contributed by atoms with E-state index >= 15 is 0 Å². The summed E-state index contributed by atoms with van der Waals surface area (Å²) in [5.74, 6) is 0.506. The summed E-state index contributed by atoms with van der Waals surface area (Å²) in [6.45, 7) is 0. The standard InChI is InChI=1S/C12H8N4O/c17-12-10-7-4-8-13-16(10)15-11(14-12)9-5-2-1-3-6-9/h1-8H/p+1. The second kappa shape index (κ2) is 3.79. The lowest BCUT2D eigenvalue weighted by atomic mass is 10.2. The molecule has 0 amide bonds. The fourth-order valence-electron chi connectivity index (χ4n) is 1.63. The summed E-state index contributed by atoms with van der Waals surface area (Å²) in [6, 6.07) is 12.8. The lowest BCUT2D eigenvalue weighted by Gasteiger charge is -1.95. The van der Waals surface area contributed by atoms with Gasteiger partial charge in [0.15, 0.2) is 0 Å². The van der Waals surface area contributed by atoms with Crippen LogP contribution in [0.2, 0.25) is 0 Å². The maximum Gasteiger partial charge on any atom is 0.332 e. The highest BCUT2D eigenvalue weighted by molar-refractivity contribution is 5.53. The van der Waals surface area contributed by atoms with Crippen LogP contribution in [0.4, 0.5) is 0 Å². The summed E-state index contributed by atoms with van der Waals surface area (Å²) >= 11 is 0. The number of rotatable bonds is 1. The lowest BCUT2D eigenvalue weighted by molar-refractivity contribution is -0.644. The summed E-state index contributed by atoms with van der Waals surface area (Å²) < 4.78 is 1.33. The van der Waals surface area contributed by atoms with Gasteiger partial charge in [-0.1, -0.05) is 30.3 Å². The van der Waals surface area contributed by atoms with Crippen LogP contribution in [-0.2, 0) is 0 Å². The average Bonchev–Trinajstić information content (AvgIpc) is 2.40. The molecule has 82 valence electrons. The van der Waals surface area contributed by atoms with Crippen molar-refractivity contribution in [2.24, 2.45) is 0 Å². The van der Waals surface area contributed by atoms with E-state index in [4.69, 9.17) is 0 Å². The van der Waals surface area contributed by atoms with Crippen LogP contribution in [-0.4, -0.2) is 15.2 Å². The van der Waals surface area contributed by atoms with Gasteiger partial charge in [0.2, 0.25) is 5.82 Å². The van der Waals surface area contributed by atoms with Gasteiger partial charge >= 0.3 is 11.1 Å². The van der Waals surface area contributed by atoms with Crippen molar-refractivity contribution < 1.29 is 4.63 Å². The van der Waals surface area contributed by atoms with E-state index in [0.717, 1.165) is 5.56 Å². The van der Waals surface area contributed by atoms with Crippen LogP contribution in [0.5, 0.6) is 0 Å². The molecule has 0 spiro atoms. The Balaban J connectivity index is 2.30. The van der Waals surface area contributed by atoms with Gasteiger partial charge in [0.25, 0.3) is 0 Å². The SMILES string of the molecule is O=c1[nH]c(-c2ccccc2)n[n+]2ncccc12. The zero-order valence-electron chi connectivity index (χ0n) is 8.87. The van der Waals surface area contributed by atoms with Gasteiger partial charge in [-0.15, -0.1) is 0 Å². The third kappa shape index (κ3) is 1.67. The largest absolute Gasteiger partial charge is 0.332 e. The van der Waals surface area contributed by atoms with Crippen LogP contribution < -0.4 is 10.2 Å². The van der Waals surface area contributed by atoms with Gasteiger partial charge in [0.1, 0.15) is 0 Å². The summed E-state index contributed by atoms with van der Waals surface area (Å²) in [5, 5.41) is 8.27. The molecular formula is C12H9N4O+. The third-order valence-electron chi connectivity index (χ3n) is 2.44. The normalized spacial score (nSPS) is 10.6. The quantitative estimate of drug-likeness (QED) is 0.616. The molecule has 1 aromatic carbocycles. The van der Waals surface area contributed by atoms with Gasteiger partial charge < -0.3 is 0 Å². The Morgan fingerprint density at radius 3 is 2.71 bits per heavy atom. The van der Waals surface area contributed by atoms with Crippen LogP contribution in [0.3, 0.4) is 0 Å². The number of nitrogens with zero attached hydrogens (tertiary/aromatic N) is 3. The zero-order chi connectivity index (χ0) is 11.7. The number of fused-ring (bicyclic) bond motifs is 1. The molecule has 3 aromatic rings. The third-order valence-corrected chi connectivity index (χ3v) is 2.44.